The fraction of sp³-hybridized carbons (Fsp3) is 0.214. The molecule has 0 radical (unpaired) electrons. The summed E-state index contributed by atoms with van der Waals surface area (Å²) in [4.78, 5) is 21.9. The van der Waals surface area contributed by atoms with Gasteiger partial charge in [-0.1, -0.05) is 43.3 Å². The molecule has 0 aliphatic heterocycles. The Hall–Kier alpha value is -4.27. The van der Waals surface area contributed by atoms with E-state index in [0.29, 0.717) is 22.2 Å². The first kappa shape index (κ1) is 24.4. The van der Waals surface area contributed by atoms with E-state index in [1.807, 2.05) is 67.7 Å². The molecule has 1 atom stereocenters. The number of aryl methyl sites for hydroxylation is 2. The number of pyridine rings is 1. The first-order valence-corrected chi connectivity index (χ1v) is 11.8. The third-order valence-electron chi connectivity index (χ3n) is 6.51. The number of aromatic nitrogens is 5. The van der Waals surface area contributed by atoms with Crippen LogP contribution in [-0.2, 0) is 19.6 Å². The molecule has 37 heavy (non-hydrogen) atoms. The number of para-hydroxylation sites is 1. The molecule has 0 aliphatic rings. The lowest BCUT2D eigenvalue weighted by Crippen LogP contribution is -2.25. The van der Waals surface area contributed by atoms with Gasteiger partial charge in [-0.25, -0.2) is 9.97 Å². The van der Waals surface area contributed by atoms with Crippen molar-refractivity contribution in [3.63, 3.8) is 0 Å². The molecule has 3 aromatic heterocycles. The summed E-state index contributed by atoms with van der Waals surface area (Å²) in [6.45, 7) is 3.14. The maximum Gasteiger partial charge on any atom is 0.419 e. The maximum absolute atomic E-state index is 14.1. The minimum absolute atomic E-state index is 0.0156. The van der Waals surface area contributed by atoms with E-state index in [9.17, 15) is 18.0 Å². The van der Waals surface area contributed by atoms with Gasteiger partial charge in [0.05, 0.1) is 28.5 Å². The summed E-state index contributed by atoms with van der Waals surface area (Å²) >= 11 is 0. The zero-order valence-electron chi connectivity index (χ0n) is 20.5. The molecule has 5 rings (SSSR count). The summed E-state index contributed by atoms with van der Waals surface area (Å²) in [6.07, 6.45) is 0.0959. The highest BCUT2D eigenvalue weighted by Crippen LogP contribution is 2.36. The summed E-state index contributed by atoms with van der Waals surface area (Å²) in [7, 11) is 1.81. The maximum atomic E-state index is 14.1. The van der Waals surface area contributed by atoms with E-state index < -0.39 is 17.7 Å². The summed E-state index contributed by atoms with van der Waals surface area (Å²) in [5.41, 5.74) is 1.48. The molecule has 5 aromatic rings. The Balaban J connectivity index is 1.73. The molecule has 0 spiro atoms. The zero-order chi connectivity index (χ0) is 26.3. The second kappa shape index (κ2) is 9.31. The van der Waals surface area contributed by atoms with Crippen LogP contribution in [-0.4, -0.2) is 24.3 Å². The molecule has 0 N–H and O–H groups in total. The molecule has 0 bridgehead atoms. The third kappa shape index (κ3) is 4.52. The van der Waals surface area contributed by atoms with Crippen LogP contribution in [0.25, 0.3) is 27.6 Å². The van der Waals surface area contributed by atoms with Crippen molar-refractivity contribution in [3.05, 3.63) is 106 Å². The smallest absolute Gasteiger partial charge is 0.280 e. The van der Waals surface area contributed by atoms with Crippen LogP contribution >= 0.6 is 0 Å². The minimum Gasteiger partial charge on any atom is -0.280 e. The average Bonchev–Trinajstić information content (AvgIpc) is 3.29. The molecular weight excluding hydrogens is 479 g/mol. The van der Waals surface area contributed by atoms with Crippen LogP contribution in [0.1, 0.15) is 35.5 Å². The molecule has 3 heterocycles. The molecule has 0 fully saturated rings. The van der Waals surface area contributed by atoms with Crippen LogP contribution in [0, 0.1) is 6.92 Å². The average molecular weight is 504 g/mol. The fourth-order valence-electron chi connectivity index (χ4n) is 4.83. The summed E-state index contributed by atoms with van der Waals surface area (Å²) in [6, 6.07) is 16.6. The first-order chi connectivity index (χ1) is 17.6. The normalized spacial score (nSPS) is 12.7. The summed E-state index contributed by atoms with van der Waals surface area (Å²) < 4.78 is 44.8. The largest absolute Gasteiger partial charge is 0.419 e. The molecule has 6 nitrogen and oxygen atoms in total. The van der Waals surface area contributed by atoms with E-state index in [1.165, 1.54) is 6.92 Å². The number of alkyl halides is 3. The van der Waals surface area contributed by atoms with Crippen LogP contribution < -0.4 is 5.56 Å². The number of nitrogens with zero attached hydrogens (tertiary/aromatic N) is 5. The lowest BCUT2D eigenvalue weighted by molar-refractivity contribution is -0.139. The van der Waals surface area contributed by atoms with Crippen molar-refractivity contribution in [2.45, 2.75) is 32.4 Å². The van der Waals surface area contributed by atoms with Crippen molar-refractivity contribution < 1.29 is 13.2 Å². The topological polar surface area (TPSA) is 65.6 Å². The van der Waals surface area contributed by atoms with E-state index in [0.717, 1.165) is 17.5 Å². The highest BCUT2D eigenvalue weighted by atomic mass is 19.4. The molecule has 0 saturated heterocycles. The lowest BCUT2D eigenvalue weighted by atomic mass is 9.94. The molecule has 0 unspecified atom stereocenters. The van der Waals surface area contributed by atoms with Crippen molar-refractivity contribution in [1.82, 2.24) is 24.3 Å². The van der Waals surface area contributed by atoms with Crippen molar-refractivity contribution in [1.29, 1.82) is 0 Å². The Labute approximate surface area is 211 Å². The van der Waals surface area contributed by atoms with Gasteiger partial charge in [0.1, 0.15) is 6.33 Å². The van der Waals surface area contributed by atoms with Gasteiger partial charge in [-0.05, 0) is 42.5 Å². The van der Waals surface area contributed by atoms with Gasteiger partial charge >= 0.3 is 6.18 Å². The molecular formula is C28H24F3N5O. The van der Waals surface area contributed by atoms with Gasteiger partial charge in [0.2, 0.25) is 0 Å². The second-order valence-electron chi connectivity index (χ2n) is 9.10. The third-order valence-corrected chi connectivity index (χ3v) is 6.51. The first-order valence-electron chi connectivity index (χ1n) is 11.8. The molecule has 0 saturated carbocycles. The van der Waals surface area contributed by atoms with Crippen LogP contribution in [0.3, 0.4) is 0 Å². The van der Waals surface area contributed by atoms with Gasteiger partial charge in [0.25, 0.3) is 5.56 Å². The minimum atomic E-state index is -4.58. The van der Waals surface area contributed by atoms with E-state index in [2.05, 4.69) is 15.1 Å². The van der Waals surface area contributed by atoms with Crippen molar-refractivity contribution in [2.75, 3.05) is 0 Å². The number of fused-ring (bicyclic) bond motifs is 1. The standard InChI is InChI=1S/C28H24F3N5O/c1-17(12-23-26(28(29,30)31)18(2)32-16-33-23)24-13-19-8-7-11-22(20-14-34-35(3)15-20)25(19)27(37)36(24)21-9-5-4-6-10-21/h4-11,13-17H,12H2,1-3H3/t17-/m1/s1. The SMILES string of the molecule is Cc1ncnc(C[C@@H](C)c2cc3cccc(-c4cnn(C)c4)c3c(=O)n2-c2ccccc2)c1C(F)(F)F. The Morgan fingerprint density at radius 3 is 2.46 bits per heavy atom. The van der Waals surface area contributed by atoms with E-state index in [-0.39, 0.29) is 23.4 Å². The van der Waals surface area contributed by atoms with Crippen LogP contribution in [0.2, 0.25) is 0 Å². The lowest BCUT2D eigenvalue weighted by Gasteiger charge is -2.22. The number of benzene rings is 2. The molecule has 0 aliphatic carbocycles. The molecule has 0 amide bonds. The highest BCUT2D eigenvalue weighted by molar-refractivity contribution is 5.96. The van der Waals surface area contributed by atoms with E-state index in [1.54, 1.807) is 22.5 Å². The van der Waals surface area contributed by atoms with Gasteiger partial charge in [-0.2, -0.15) is 18.3 Å². The summed E-state index contributed by atoms with van der Waals surface area (Å²) in [5.74, 6) is -0.463. The zero-order valence-corrected chi connectivity index (χ0v) is 20.5. The Bertz CT molecular complexity index is 1650. The number of hydrogen-bond donors (Lipinski definition) is 0. The fourth-order valence-corrected chi connectivity index (χ4v) is 4.83. The summed E-state index contributed by atoms with van der Waals surface area (Å²) in [5, 5.41) is 5.46. The molecule has 9 heteroatoms. The number of rotatable bonds is 5. The Morgan fingerprint density at radius 1 is 1.03 bits per heavy atom. The molecule has 2 aromatic carbocycles. The highest BCUT2D eigenvalue weighted by Gasteiger charge is 2.37. The van der Waals surface area contributed by atoms with E-state index in [4.69, 9.17) is 0 Å². The Kier molecular flexibility index (Phi) is 6.15. The van der Waals surface area contributed by atoms with Gasteiger partial charge < -0.3 is 0 Å². The number of halogens is 3. The second-order valence-corrected chi connectivity index (χ2v) is 9.10. The predicted molar refractivity (Wildman–Crippen MR) is 136 cm³/mol. The van der Waals surface area contributed by atoms with Crippen molar-refractivity contribution in [2.24, 2.45) is 7.05 Å². The van der Waals surface area contributed by atoms with Gasteiger partial charge in [0.15, 0.2) is 0 Å². The van der Waals surface area contributed by atoms with Gasteiger partial charge in [-0.15, -0.1) is 0 Å². The van der Waals surface area contributed by atoms with Crippen molar-refractivity contribution >= 4 is 10.8 Å². The molecule has 188 valence electrons. The monoisotopic (exact) mass is 503 g/mol. The van der Waals surface area contributed by atoms with Gasteiger partial charge in [-0.3, -0.25) is 14.0 Å². The van der Waals surface area contributed by atoms with Crippen LogP contribution in [0.5, 0.6) is 0 Å². The van der Waals surface area contributed by atoms with E-state index >= 15 is 0 Å². The van der Waals surface area contributed by atoms with Gasteiger partial charge in [0, 0.05) is 36.1 Å². The van der Waals surface area contributed by atoms with Crippen molar-refractivity contribution in [3.8, 4) is 16.8 Å². The predicted octanol–water partition coefficient (Wildman–Crippen LogP) is 5.85. The quantitative estimate of drug-likeness (QED) is 0.302. The Morgan fingerprint density at radius 2 is 1.78 bits per heavy atom. The van der Waals surface area contributed by atoms with Crippen LogP contribution in [0.4, 0.5) is 13.2 Å². The number of hydrogen-bond acceptors (Lipinski definition) is 4. The van der Waals surface area contributed by atoms with Crippen LogP contribution in [0.15, 0.2) is 78.1 Å².